The maximum atomic E-state index is 12.6. The molecule has 1 saturated carbocycles. The van der Waals surface area contributed by atoms with Crippen molar-refractivity contribution in [1.82, 2.24) is 9.88 Å². The molecular weight excluding hydrogens is 365 g/mol. The molecular formula is C22H21F3N2O. The summed E-state index contributed by atoms with van der Waals surface area (Å²) in [6.07, 6.45) is -0.764. The Bertz CT molecular complexity index is 975. The lowest BCUT2D eigenvalue weighted by molar-refractivity contribution is -0.137. The van der Waals surface area contributed by atoms with Crippen LogP contribution in [-0.4, -0.2) is 17.0 Å². The molecule has 2 aromatic carbocycles. The van der Waals surface area contributed by atoms with Crippen LogP contribution in [0, 0.1) is 5.92 Å². The third-order valence-corrected chi connectivity index (χ3v) is 5.35. The van der Waals surface area contributed by atoms with Crippen LogP contribution in [0.25, 0.3) is 10.9 Å². The average molecular weight is 386 g/mol. The van der Waals surface area contributed by atoms with Crippen molar-refractivity contribution in [1.29, 1.82) is 0 Å². The molecule has 1 amide bonds. The molecule has 146 valence electrons. The van der Waals surface area contributed by atoms with Gasteiger partial charge in [0.05, 0.1) is 5.56 Å². The number of nitrogens with one attached hydrogen (secondary N) is 1. The van der Waals surface area contributed by atoms with Crippen LogP contribution >= 0.6 is 0 Å². The lowest BCUT2D eigenvalue weighted by atomic mass is 10.1. The molecule has 0 bridgehead atoms. The summed E-state index contributed by atoms with van der Waals surface area (Å²) in [5.74, 6) is -0.123. The van der Waals surface area contributed by atoms with Gasteiger partial charge in [0.1, 0.15) is 0 Å². The molecule has 0 spiro atoms. The third-order valence-electron chi connectivity index (χ3n) is 5.35. The van der Waals surface area contributed by atoms with E-state index in [-0.39, 0.29) is 17.7 Å². The van der Waals surface area contributed by atoms with Gasteiger partial charge in [-0.15, -0.1) is 0 Å². The smallest absolute Gasteiger partial charge is 0.356 e. The second kappa shape index (κ2) is 7.34. The molecule has 1 aliphatic carbocycles. The molecule has 1 heterocycles. The molecule has 1 N–H and O–H groups in total. The minimum absolute atomic E-state index is 0.0118. The van der Waals surface area contributed by atoms with E-state index in [2.05, 4.69) is 28.1 Å². The van der Waals surface area contributed by atoms with Crippen molar-refractivity contribution in [2.24, 2.45) is 5.92 Å². The summed E-state index contributed by atoms with van der Waals surface area (Å²) < 4.78 is 40.1. The van der Waals surface area contributed by atoms with Crippen LogP contribution in [0.15, 0.2) is 60.8 Å². The first-order chi connectivity index (χ1) is 13.4. The first-order valence-electron chi connectivity index (χ1n) is 9.42. The quantitative estimate of drug-likeness (QED) is 0.597. The fourth-order valence-electron chi connectivity index (χ4n) is 3.70. The summed E-state index contributed by atoms with van der Waals surface area (Å²) in [5, 5.41) is 4.16. The van der Waals surface area contributed by atoms with Gasteiger partial charge >= 0.3 is 6.18 Å². The Hall–Kier alpha value is -2.76. The Kier molecular flexibility index (Phi) is 4.87. The van der Waals surface area contributed by atoms with Crippen LogP contribution in [0.5, 0.6) is 0 Å². The SMILES string of the molecule is O=C(NCCCn1ccc2ccccc21)[C@@H]1C[C@@H]1c1ccc(C(F)(F)F)cc1. The molecule has 2 atom stereocenters. The number of halogens is 3. The van der Waals surface area contributed by atoms with Gasteiger partial charge in [0.15, 0.2) is 0 Å². The zero-order valence-corrected chi connectivity index (χ0v) is 15.2. The highest BCUT2D eigenvalue weighted by Crippen LogP contribution is 2.47. The van der Waals surface area contributed by atoms with Crippen LogP contribution in [0.4, 0.5) is 13.2 Å². The van der Waals surface area contributed by atoms with E-state index in [0.717, 1.165) is 30.7 Å². The molecule has 28 heavy (non-hydrogen) atoms. The Morgan fingerprint density at radius 2 is 1.82 bits per heavy atom. The largest absolute Gasteiger partial charge is 0.416 e. The van der Waals surface area contributed by atoms with Crippen LogP contribution in [0.3, 0.4) is 0 Å². The molecule has 3 aromatic rings. The fraction of sp³-hybridized carbons (Fsp3) is 0.318. The van der Waals surface area contributed by atoms with Crippen LogP contribution in [-0.2, 0) is 17.5 Å². The highest BCUT2D eigenvalue weighted by atomic mass is 19.4. The van der Waals surface area contributed by atoms with E-state index < -0.39 is 11.7 Å². The summed E-state index contributed by atoms with van der Waals surface area (Å²) in [7, 11) is 0. The van der Waals surface area contributed by atoms with Crippen molar-refractivity contribution in [3.8, 4) is 0 Å². The first kappa shape index (κ1) is 18.6. The van der Waals surface area contributed by atoms with Crippen molar-refractivity contribution in [2.75, 3.05) is 6.54 Å². The monoisotopic (exact) mass is 386 g/mol. The molecule has 1 aromatic heterocycles. The number of rotatable bonds is 6. The Balaban J connectivity index is 1.24. The van der Waals surface area contributed by atoms with E-state index in [1.165, 1.54) is 23.0 Å². The highest BCUT2D eigenvalue weighted by Gasteiger charge is 2.44. The molecule has 4 rings (SSSR count). The Morgan fingerprint density at radius 3 is 2.57 bits per heavy atom. The van der Waals surface area contributed by atoms with Gasteiger partial charge in [0.2, 0.25) is 5.91 Å². The van der Waals surface area contributed by atoms with Gasteiger partial charge in [-0.1, -0.05) is 30.3 Å². The van der Waals surface area contributed by atoms with Crippen molar-refractivity contribution < 1.29 is 18.0 Å². The van der Waals surface area contributed by atoms with Crippen LogP contribution in [0.2, 0.25) is 0 Å². The van der Waals surface area contributed by atoms with Gasteiger partial charge in [-0.2, -0.15) is 13.2 Å². The second-order valence-electron chi connectivity index (χ2n) is 7.28. The third kappa shape index (κ3) is 3.91. The molecule has 1 fully saturated rings. The van der Waals surface area contributed by atoms with Gasteiger partial charge < -0.3 is 9.88 Å². The van der Waals surface area contributed by atoms with E-state index in [9.17, 15) is 18.0 Å². The number of carbonyl (C=O) groups excluding carboxylic acids is 1. The number of nitrogens with zero attached hydrogens (tertiary/aromatic N) is 1. The predicted molar refractivity (Wildman–Crippen MR) is 102 cm³/mol. The lowest BCUT2D eigenvalue weighted by Gasteiger charge is -2.08. The van der Waals surface area contributed by atoms with E-state index in [0.29, 0.717) is 13.0 Å². The summed E-state index contributed by atoms with van der Waals surface area (Å²) in [6, 6.07) is 15.4. The number of aromatic nitrogens is 1. The highest BCUT2D eigenvalue weighted by molar-refractivity contribution is 5.83. The summed E-state index contributed by atoms with van der Waals surface area (Å²) in [5.41, 5.74) is 1.32. The second-order valence-corrected chi connectivity index (χ2v) is 7.28. The molecule has 0 radical (unpaired) electrons. The van der Waals surface area contributed by atoms with Crippen molar-refractivity contribution in [2.45, 2.75) is 31.5 Å². The molecule has 0 saturated heterocycles. The molecule has 0 unspecified atom stereocenters. The van der Waals surface area contributed by atoms with Gasteiger partial charge in [-0.05, 0) is 54.0 Å². The first-order valence-corrected chi connectivity index (χ1v) is 9.42. The zero-order valence-electron chi connectivity index (χ0n) is 15.2. The minimum atomic E-state index is -4.33. The normalized spacial score (nSPS) is 19.0. The summed E-state index contributed by atoms with van der Waals surface area (Å²) in [6.45, 7) is 1.41. The fourth-order valence-corrected chi connectivity index (χ4v) is 3.70. The van der Waals surface area contributed by atoms with Crippen molar-refractivity contribution >= 4 is 16.8 Å². The predicted octanol–water partition coefficient (Wildman–Crippen LogP) is 4.97. The average Bonchev–Trinajstić information content (AvgIpc) is 3.39. The van der Waals surface area contributed by atoms with Gasteiger partial charge in [0, 0.05) is 30.7 Å². The minimum Gasteiger partial charge on any atom is -0.356 e. The van der Waals surface area contributed by atoms with E-state index in [1.807, 2.05) is 18.3 Å². The number of para-hydroxylation sites is 1. The van der Waals surface area contributed by atoms with E-state index in [4.69, 9.17) is 0 Å². The number of benzene rings is 2. The van der Waals surface area contributed by atoms with Crippen LogP contribution in [0.1, 0.15) is 29.9 Å². The Labute approximate surface area is 161 Å². The van der Waals surface area contributed by atoms with Gasteiger partial charge in [-0.25, -0.2) is 0 Å². The number of hydrogen-bond acceptors (Lipinski definition) is 1. The number of aryl methyl sites for hydroxylation is 1. The molecule has 0 aliphatic heterocycles. The van der Waals surface area contributed by atoms with Gasteiger partial charge in [-0.3, -0.25) is 4.79 Å². The Morgan fingerprint density at radius 1 is 1.07 bits per heavy atom. The summed E-state index contributed by atoms with van der Waals surface area (Å²) >= 11 is 0. The number of hydrogen-bond donors (Lipinski definition) is 1. The zero-order chi connectivity index (χ0) is 19.7. The standard InChI is InChI=1S/C22H21F3N2O/c23-22(24,25)17-8-6-15(7-9-17)18-14-19(18)21(28)26-11-3-12-27-13-10-16-4-1-2-5-20(16)27/h1-2,4-10,13,18-19H,3,11-12,14H2,(H,26,28)/t18-,19-/m1/s1. The molecule has 1 aliphatic rings. The van der Waals surface area contributed by atoms with E-state index >= 15 is 0 Å². The number of carbonyl (C=O) groups is 1. The lowest BCUT2D eigenvalue weighted by Crippen LogP contribution is -2.27. The number of amides is 1. The van der Waals surface area contributed by atoms with E-state index in [1.54, 1.807) is 0 Å². The van der Waals surface area contributed by atoms with Crippen molar-refractivity contribution in [3.05, 3.63) is 71.9 Å². The van der Waals surface area contributed by atoms with Crippen LogP contribution < -0.4 is 5.32 Å². The van der Waals surface area contributed by atoms with Crippen molar-refractivity contribution in [3.63, 3.8) is 0 Å². The maximum Gasteiger partial charge on any atom is 0.416 e. The number of fused-ring (bicyclic) bond motifs is 1. The summed E-state index contributed by atoms with van der Waals surface area (Å²) in [4.78, 5) is 12.3. The number of alkyl halides is 3. The molecule has 3 nitrogen and oxygen atoms in total. The maximum absolute atomic E-state index is 12.6. The van der Waals surface area contributed by atoms with Gasteiger partial charge in [0.25, 0.3) is 0 Å². The topological polar surface area (TPSA) is 34.0 Å². The molecule has 6 heteroatoms.